The molecule has 2 heteroatoms. The van der Waals surface area contributed by atoms with Gasteiger partial charge in [-0.1, -0.05) is 26.7 Å². The van der Waals surface area contributed by atoms with Crippen molar-refractivity contribution in [3.8, 4) is 0 Å². The highest BCUT2D eigenvalue weighted by Crippen LogP contribution is 2.23. The van der Waals surface area contributed by atoms with Crippen LogP contribution in [0.15, 0.2) is 0 Å². The topological polar surface area (TPSA) is 38.0 Å². The maximum absolute atomic E-state index is 5.88. The molecule has 1 fully saturated rings. The van der Waals surface area contributed by atoms with Crippen LogP contribution in [-0.2, 0) is 0 Å². The van der Waals surface area contributed by atoms with Gasteiger partial charge in [0.15, 0.2) is 0 Å². The Labute approximate surface area is 95.0 Å². The van der Waals surface area contributed by atoms with Crippen molar-refractivity contribution in [3.63, 3.8) is 0 Å². The summed E-state index contributed by atoms with van der Waals surface area (Å²) in [5, 5.41) is 3.57. The molecule has 0 aromatic carbocycles. The smallest absolute Gasteiger partial charge is 0.00420 e. The average molecular weight is 212 g/mol. The lowest BCUT2D eigenvalue weighted by Gasteiger charge is -2.11. The van der Waals surface area contributed by atoms with E-state index in [1.807, 2.05) is 0 Å². The monoisotopic (exact) mass is 212 g/mol. The van der Waals surface area contributed by atoms with Crippen LogP contribution >= 0.6 is 0 Å². The molecule has 1 saturated carbocycles. The molecule has 0 bridgehead atoms. The minimum Gasteiger partial charge on any atom is -0.328 e. The van der Waals surface area contributed by atoms with Gasteiger partial charge in [-0.05, 0) is 50.6 Å². The summed E-state index contributed by atoms with van der Waals surface area (Å²) in [6.45, 7) is 6.98. The Kier molecular flexibility index (Phi) is 6.26. The van der Waals surface area contributed by atoms with Crippen molar-refractivity contribution >= 4 is 0 Å². The summed E-state index contributed by atoms with van der Waals surface area (Å²) in [6, 6.07) is 0.484. The van der Waals surface area contributed by atoms with Crippen LogP contribution in [0.25, 0.3) is 0 Å². The van der Waals surface area contributed by atoms with E-state index in [9.17, 15) is 0 Å². The van der Waals surface area contributed by atoms with Crippen LogP contribution in [-0.4, -0.2) is 19.1 Å². The molecule has 0 aliphatic heterocycles. The SMILES string of the molecule is CC(C)CCCCNCC1CCC(N)C1. The van der Waals surface area contributed by atoms with Crippen molar-refractivity contribution in [2.24, 2.45) is 17.6 Å². The molecular formula is C13H28N2. The summed E-state index contributed by atoms with van der Waals surface area (Å²) in [6.07, 6.45) is 7.88. The lowest BCUT2D eigenvalue weighted by molar-refractivity contribution is 0.464. The molecule has 0 aromatic heterocycles. The molecule has 0 spiro atoms. The molecule has 0 radical (unpaired) electrons. The van der Waals surface area contributed by atoms with Gasteiger partial charge in [-0.2, -0.15) is 0 Å². The molecule has 3 N–H and O–H groups in total. The van der Waals surface area contributed by atoms with Gasteiger partial charge in [0.1, 0.15) is 0 Å². The maximum Gasteiger partial charge on any atom is 0.00420 e. The Hall–Kier alpha value is -0.0800. The molecule has 0 amide bonds. The van der Waals surface area contributed by atoms with Crippen molar-refractivity contribution < 1.29 is 0 Å². The molecule has 1 aliphatic rings. The van der Waals surface area contributed by atoms with E-state index in [0.29, 0.717) is 6.04 Å². The summed E-state index contributed by atoms with van der Waals surface area (Å²) in [5.74, 6) is 1.71. The van der Waals surface area contributed by atoms with E-state index in [1.165, 1.54) is 51.6 Å². The fraction of sp³-hybridized carbons (Fsp3) is 1.00. The average Bonchev–Trinajstić information content (AvgIpc) is 2.57. The third-order valence-corrected chi connectivity index (χ3v) is 3.40. The fourth-order valence-electron chi connectivity index (χ4n) is 2.41. The second-order valence-electron chi connectivity index (χ2n) is 5.53. The summed E-state index contributed by atoms with van der Waals surface area (Å²) in [5.41, 5.74) is 5.88. The van der Waals surface area contributed by atoms with E-state index < -0.39 is 0 Å². The van der Waals surface area contributed by atoms with Crippen LogP contribution in [0.4, 0.5) is 0 Å². The Morgan fingerprint density at radius 3 is 2.67 bits per heavy atom. The van der Waals surface area contributed by atoms with Gasteiger partial charge in [0.2, 0.25) is 0 Å². The Balaban J connectivity index is 1.85. The number of nitrogens with two attached hydrogens (primary N) is 1. The van der Waals surface area contributed by atoms with E-state index in [1.54, 1.807) is 0 Å². The highest BCUT2D eigenvalue weighted by molar-refractivity contribution is 4.78. The second kappa shape index (κ2) is 7.24. The maximum atomic E-state index is 5.88. The first-order chi connectivity index (χ1) is 7.18. The normalized spacial score (nSPS) is 26.4. The van der Waals surface area contributed by atoms with E-state index in [-0.39, 0.29) is 0 Å². The van der Waals surface area contributed by atoms with Gasteiger partial charge in [0, 0.05) is 6.04 Å². The molecule has 1 rings (SSSR count). The fourth-order valence-corrected chi connectivity index (χ4v) is 2.41. The van der Waals surface area contributed by atoms with E-state index in [2.05, 4.69) is 19.2 Å². The van der Waals surface area contributed by atoms with Crippen LogP contribution in [0.5, 0.6) is 0 Å². The van der Waals surface area contributed by atoms with Crippen LogP contribution < -0.4 is 11.1 Å². The van der Waals surface area contributed by atoms with Crippen LogP contribution in [0.3, 0.4) is 0 Å². The number of hydrogen-bond donors (Lipinski definition) is 2. The van der Waals surface area contributed by atoms with Crippen molar-refractivity contribution in [2.45, 2.75) is 58.4 Å². The lowest BCUT2D eigenvalue weighted by atomic mass is 10.1. The highest BCUT2D eigenvalue weighted by Gasteiger charge is 2.20. The van der Waals surface area contributed by atoms with Gasteiger partial charge in [-0.15, -0.1) is 0 Å². The van der Waals surface area contributed by atoms with Crippen LogP contribution in [0, 0.1) is 11.8 Å². The molecule has 2 atom stereocenters. The zero-order chi connectivity index (χ0) is 11.1. The minimum absolute atomic E-state index is 0.484. The predicted molar refractivity (Wildman–Crippen MR) is 66.9 cm³/mol. The predicted octanol–water partition coefficient (Wildman–Crippen LogP) is 2.53. The largest absolute Gasteiger partial charge is 0.328 e. The summed E-state index contributed by atoms with van der Waals surface area (Å²) in [4.78, 5) is 0. The van der Waals surface area contributed by atoms with E-state index >= 15 is 0 Å². The summed E-state index contributed by atoms with van der Waals surface area (Å²) >= 11 is 0. The van der Waals surface area contributed by atoms with Crippen LogP contribution in [0.1, 0.15) is 52.4 Å². The first kappa shape index (κ1) is 13.0. The number of nitrogens with one attached hydrogen (secondary N) is 1. The molecule has 2 unspecified atom stereocenters. The first-order valence-corrected chi connectivity index (χ1v) is 6.64. The molecule has 0 aromatic rings. The van der Waals surface area contributed by atoms with E-state index in [0.717, 1.165) is 11.8 Å². The van der Waals surface area contributed by atoms with Gasteiger partial charge < -0.3 is 11.1 Å². The summed E-state index contributed by atoms with van der Waals surface area (Å²) in [7, 11) is 0. The Morgan fingerprint density at radius 1 is 1.27 bits per heavy atom. The molecule has 1 aliphatic carbocycles. The van der Waals surface area contributed by atoms with Crippen molar-refractivity contribution in [1.82, 2.24) is 5.32 Å². The van der Waals surface area contributed by atoms with Crippen molar-refractivity contribution in [2.75, 3.05) is 13.1 Å². The Bertz CT molecular complexity index is 157. The number of hydrogen-bond acceptors (Lipinski definition) is 2. The summed E-state index contributed by atoms with van der Waals surface area (Å²) < 4.78 is 0. The highest BCUT2D eigenvalue weighted by atomic mass is 14.9. The van der Waals surface area contributed by atoms with Crippen molar-refractivity contribution in [1.29, 1.82) is 0 Å². The molecule has 90 valence electrons. The van der Waals surface area contributed by atoms with Crippen molar-refractivity contribution in [3.05, 3.63) is 0 Å². The lowest BCUT2D eigenvalue weighted by Crippen LogP contribution is -2.24. The van der Waals surface area contributed by atoms with E-state index in [4.69, 9.17) is 5.73 Å². The third-order valence-electron chi connectivity index (χ3n) is 3.40. The van der Waals surface area contributed by atoms with Gasteiger partial charge in [0.25, 0.3) is 0 Å². The molecule has 15 heavy (non-hydrogen) atoms. The number of rotatable bonds is 7. The van der Waals surface area contributed by atoms with Gasteiger partial charge in [0.05, 0.1) is 0 Å². The zero-order valence-electron chi connectivity index (χ0n) is 10.5. The Morgan fingerprint density at radius 2 is 2.07 bits per heavy atom. The molecule has 0 heterocycles. The molecule has 2 nitrogen and oxygen atoms in total. The van der Waals surface area contributed by atoms with Gasteiger partial charge in [-0.3, -0.25) is 0 Å². The number of unbranched alkanes of at least 4 members (excludes halogenated alkanes) is 1. The van der Waals surface area contributed by atoms with Crippen LogP contribution in [0.2, 0.25) is 0 Å². The zero-order valence-corrected chi connectivity index (χ0v) is 10.5. The minimum atomic E-state index is 0.484. The first-order valence-electron chi connectivity index (χ1n) is 6.64. The quantitative estimate of drug-likeness (QED) is 0.636. The third kappa shape index (κ3) is 6.16. The second-order valence-corrected chi connectivity index (χ2v) is 5.53. The molecule has 0 saturated heterocycles. The van der Waals surface area contributed by atoms with Gasteiger partial charge in [-0.25, -0.2) is 0 Å². The standard InChI is InChI=1S/C13H28N2/c1-11(2)5-3-4-8-15-10-12-6-7-13(14)9-12/h11-13,15H,3-10,14H2,1-2H3. The molecular weight excluding hydrogens is 184 g/mol. The van der Waals surface area contributed by atoms with Gasteiger partial charge >= 0.3 is 0 Å².